The van der Waals surface area contributed by atoms with E-state index in [1.807, 2.05) is 19.2 Å². The van der Waals surface area contributed by atoms with E-state index in [1.165, 1.54) is 0 Å². The van der Waals surface area contributed by atoms with Crippen molar-refractivity contribution in [1.82, 2.24) is 10.6 Å². The van der Waals surface area contributed by atoms with Crippen LogP contribution in [0.15, 0.2) is 24.3 Å². The molecule has 104 valence electrons. The number of amides is 3. The first-order chi connectivity index (χ1) is 9.11. The maximum absolute atomic E-state index is 11.5. The summed E-state index contributed by atoms with van der Waals surface area (Å²) in [5, 5.41) is 8.31. The summed E-state index contributed by atoms with van der Waals surface area (Å²) in [7, 11) is 1.86. The standard InChI is InChI=1S/C13H20N4O2/c1-15-8-2-3-12(18)16-9-10-4-6-11(7-5-10)17-13(14)19/h4-7,15H,2-3,8-9H2,1H3,(H,16,18)(H3,14,17,19). The van der Waals surface area contributed by atoms with E-state index in [2.05, 4.69) is 16.0 Å². The molecule has 0 aliphatic rings. The molecule has 0 aromatic heterocycles. The van der Waals surface area contributed by atoms with Gasteiger partial charge < -0.3 is 21.7 Å². The second-order valence-corrected chi connectivity index (χ2v) is 4.17. The molecule has 0 saturated carbocycles. The number of hydrogen-bond acceptors (Lipinski definition) is 3. The van der Waals surface area contributed by atoms with Crippen LogP contribution in [0.3, 0.4) is 0 Å². The molecule has 0 spiro atoms. The van der Waals surface area contributed by atoms with Gasteiger partial charge in [-0.15, -0.1) is 0 Å². The Hall–Kier alpha value is -2.08. The third kappa shape index (κ3) is 6.42. The molecule has 1 aromatic carbocycles. The van der Waals surface area contributed by atoms with Crippen molar-refractivity contribution in [3.8, 4) is 0 Å². The van der Waals surface area contributed by atoms with Crippen LogP contribution in [0.1, 0.15) is 18.4 Å². The summed E-state index contributed by atoms with van der Waals surface area (Å²) in [6.07, 6.45) is 1.34. The van der Waals surface area contributed by atoms with Gasteiger partial charge in [-0.1, -0.05) is 12.1 Å². The highest BCUT2D eigenvalue weighted by molar-refractivity contribution is 5.87. The third-order valence-electron chi connectivity index (χ3n) is 2.54. The Morgan fingerprint density at radius 2 is 1.89 bits per heavy atom. The van der Waals surface area contributed by atoms with Crippen LogP contribution in [-0.4, -0.2) is 25.5 Å². The Balaban J connectivity index is 2.33. The van der Waals surface area contributed by atoms with E-state index in [9.17, 15) is 9.59 Å². The summed E-state index contributed by atoms with van der Waals surface area (Å²) < 4.78 is 0. The highest BCUT2D eigenvalue weighted by Gasteiger charge is 2.01. The van der Waals surface area contributed by atoms with Gasteiger partial charge in [-0.3, -0.25) is 4.79 Å². The quantitative estimate of drug-likeness (QED) is 0.548. The van der Waals surface area contributed by atoms with Crippen LogP contribution in [0.4, 0.5) is 10.5 Å². The predicted octanol–water partition coefficient (Wildman–Crippen LogP) is 0.793. The van der Waals surface area contributed by atoms with E-state index in [4.69, 9.17) is 5.73 Å². The zero-order valence-corrected chi connectivity index (χ0v) is 11.0. The summed E-state index contributed by atoms with van der Waals surface area (Å²) in [5.41, 5.74) is 6.61. The minimum absolute atomic E-state index is 0.0367. The maximum Gasteiger partial charge on any atom is 0.316 e. The van der Waals surface area contributed by atoms with Crippen LogP contribution in [0.25, 0.3) is 0 Å². The summed E-state index contributed by atoms with van der Waals surface area (Å²) in [6.45, 7) is 1.32. The van der Waals surface area contributed by atoms with E-state index in [-0.39, 0.29) is 5.91 Å². The second kappa shape index (κ2) is 8.10. The van der Waals surface area contributed by atoms with Crippen LogP contribution in [0, 0.1) is 0 Å². The normalized spacial score (nSPS) is 9.95. The van der Waals surface area contributed by atoms with Crippen LogP contribution < -0.4 is 21.7 Å². The molecule has 0 unspecified atom stereocenters. The molecule has 0 atom stereocenters. The molecule has 5 N–H and O–H groups in total. The number of carbonyl (C=O) groups is 2. The summed E-state index contributed by atoms with van der Waals surface area (Å²) in [6, 6.07) is 6.56. The molecule has 0 bridgehead atoms. The third-order valence-corrected chi connectivity index (χ3v) is 2.54. The number of rotatable bonds is 7. The van der Waals surface area contributed by atoms with Crippen molar-refractivity contribution in [2.24, 2.45) is 5.73 Å². The number of nitrogens with one attached hydrogen (secondary N) is 3. The maximum atomic E-state index is 11.5. The second-order valence-electron chi connectivity index (χ2n) is 4.17. The molecule has 19 heavy (non-hydrogen) atoms. The molecule has 0 radical (unpaired) electrons. The fraction of sp³-hybridized carbons (Fsp3) is 0.385. The largest absolute Gasteiger partial charge is 0.352 e. The molecule has 3 amide bonds. The molecule has 6 heteroatoms. The zero-order valence-electron chi connectivity index (χ0n) is 11.0. The minimum atomic E-state index is -0.592. The van der Waals surface area contributed by atoms with Gasteiger partial charge in [0.1, 0.15) is 0 Å². The molecule has 0 heterocycles. The number of carbonyl (C=O) groups excluding carboxylic acids is 2. The molecule has 0 aliphatic carbocycles. The Morgan fingerprint density at radius 1 is 1.21 bits per heavy atom. The highest BCUT2D eigenvalue weighted by Crippen LogP contribution is 2.09. The van der Waals surface area contributed by atoms with E-state index in [0.717, 1.165) is 18.5 Å². The number of benzene rings is 1. The molecule has 1 aromatic rings. The lowest BCUT2D eigenvalue weighted by molar-refractivity contribution is -0.121. The van der Waals surface area contributed by atoms with Crippen molar-refractivity contribution in [1.29, 1.82) is 0 Å². The van der Waals surface area contributed by atoms with Gasteiger partial charge in [0.25, 0.3) is 0 Å². The van der Waals surface area contributed by atoms with Gasteiger partial charge in [-0.25, -0.2) is 4.79 Å². The van der Waals surface area contributed by atoms with Crippen LogP contribution >= 0.6 is 0 Å². The number of nitrogens with two attached hydrogens (primary N) is 1. The lowest BCUT2D eigenvalue weighted by Gasteiger charge is -2.06. The van der Waals surface area contributed by atoms with Crippen LogP contribution in [0.2, 0.25) is 0 Å². The Morgan fingerprint density at radius 3 is 2.47 bits per heavy atom. The fourth-order valence-electron chi connectivity index (χ4n) is 1.56. The van der Waals surface area contributed by atoms with Crippen LogP contribution in [-0.2, 0) is 11.3 Å². The Labute approximate surface area is 112 Å². The smallest absolute Gasteiger partial charge is 0.316 e. The molecule has 6 nitrogen and oxygen atoms in total. The highest BCUT2D eigenvalue weighted by atomic mass is 16.2. The van der Waals surface area contributed by atoms with Crippen molar-refractivity contribution < 1.29 is 9.59 Å². The van der Waals surface area contributed by atoms with Gasteiger partial charge in [0.15, 0.2) is 0 Å². The lowest BCUT2D eigenvalue weighted by atomic mass is 10.2. The van der Waals surface area contributed by atoms with Crippen molar-refractivity contribution in [2.45, 2.75) is 19.4 Å². The van der Waals surface area contributed by atoms with Gasteiger partial charge >= 0.3 is 6.03 Å². The van der Waals surface area contributed by atoms with Gasteiger partial charge in [0.2, 0.25) is 5.91 Å². The van der Waals surface area contributed by atoms with Gasteiger partial charge in [0, 0.05) is 18.7 Å². The van der Waals surface area contributed by atoms with Crippen LogP contribution in [0.5, 0.6) is 0 Å². The van der Waals surface area contributed by atoms with Crippen molar-refractivity contribution >= 4 is 17.6 Å². The van der Waals surface area contributed by atoms with E-state index in [0.29, 0.717) is 18.7 Å². The Kier molecular flexibility index (Phi) is 6.38. The number of hydrogen-bond donors (Lipinski definition) is 4. The molecule has 1 rings (SSSR count). The molecule has 0 aliphatic heterocycles. The first-order valence-electron chi connectivity index (χ1n) is 6.18. The van der Waals surface area contributed by atoms with E-state index < -0.39 is 6.03 Å². The molecular formula is C13H20N4O2. The van der Waals surface area contributed by atoms with E-state index >= 15 is 0 Å². The topological polar surface area (TPSA) is 96.2 Å². The Bertz CT molecular complexity index is 417. The number of urea groups is 1. The molecule has 0 saturated heterocycles. The summed E-state index contributed by atoms with van der Waals surface area (Å²) in [4.78, 5) is 22.1. The monoisotopic (exact) mass is 264 g/mol. The first kappa shape index (κ1) is 15.0. The first-order valence-corrected chi connectivity index (χ1v) is 6.18. The fourth-order valence-corrected chi connectivity index (χ4v) is 1.56. The summed E-state index contributed by atoms with van der Waals surface area (Å²) in [5.74, 6) is 0.0367. The lowest BCUT2D eigenvalue weighted by Crippen LogP contribution is -2.23. The van der Waals surface area contributed by atoms with Gasteiger partial charge in [0.05, 0.1) is 0 Å². The summed E-state index contributed by atoms with van der Waals surface area (Å²) >= 11 is 0. The average molecular weight is 264 g/mol. The SMILES string of the molecule is CNCCCC(=O)NCc1ccc(NC(N)=O)cc1. The zero-order chi connectivity index (χ0) is 14.1. The van der Waals surface area contributed by atoms with Gasteiger partial charge in [-0.2, -0.15) is 0 Å². The van der Waals surface area contributed by atoms with Crippen molar-refractivity contribution in [3.63, 3.8) is 0 Å². The van der Waals surface area contributed by atoms with Crippen molar-refractivity contribution in [2.75, 3.05) is 18.9 Å². The molecule has 0 fully saturated rings. The molecular weight excluding hydrogens is 244 g/mol. The van der Waals surface area contributed by atoms with Crippen molar-refractivity contribution in [3.05, 3.63) is 29.8 Å². The van der Waals surface area contributed by atoms with Gasteiger partial charge in [-0.05, 0) is 37.7 Å². The number of anilines is 1. The predicted molar refractivity (Wildman–Crippen MR) is 74.7 cm³/mol. The minimum Gasteiger partial charge on any atom is -0.352 e. The number of primary amides is 1. The van der Waals surface area contributed by atoms with E-state index in [1.54, 1.807) is 12.1 Å². The average Bonchev–Trinajstić information content (AvgIpc) is 2.37.